The third-order valence-electron chi connectivity index (χ3n) is 3.21. The highest BCUT2D eigenvalue weighted by molar-refractivity contribution is 7.09. The van der Waals surface area contributed by atoms with Gasteiger partial charge in [0.15, 0.2) is 0 Å². The molecule has 0 aliphatic carbocycles. The van der Waals surface area contributed by atoms with E-state index in [4.69, 9.17) is 0 Å². The Bertz CT molecular complexity index is 551. The molecule has 0 bridgehead atoms. The van der Waals surface area contributed by atoms with Crippen LogP contribution in [0.3, 0.4) is 0 Å². The van der Waals surface area contributed by atoms with E-state index in [1.165, 1.54) is 4.88 Å². The van der Waals surface area contributed by atoms with E-state index in [0.717, 1.165) is 24.1 Å². The summed E-state index contributed by atoms with van der Waals surface area (Å²) in [5, 5.41) is 5.16. The SMILES string of the molecule is CNCCc1ccccc1C(=O)N(C)Cc1cccs1. The van der Waals surface area contributed by atoms with Crippen LogP contribution in [-0.4, -0.2) is 31.4 Å². The van der Waals surface area contributed by atoms with E-state index in [0.29, 0.717) is 6.54 Å². The molecule has 0 unspecified atom stereocenters. The maximum Gasteiger partial charge on any atom is 0.254 e. The first-order valence-electron chi connectivity index (χ1n) is 6.72. The van der Waals surface area contributed by atoms with Gasteiger partial charge in [-0.05, 0) is 43.1 Å². The van der Waals surface area contributed by atoms with Crippen LogP contribution in [0.25, 0.3) is 0 Å². The van der Waals surface area contributed by atoms with Crippen LogP contribution in [0.1, 0.15) is 20.8 Å². The van der Waals surface area contributed by atoms with Crippen molar-refractivity contribution >= 4 is 17.2 Å². The van der Waals surface area contributed by atoms with Crippen LogP contribution < -0.4 is 5.32 Å². The van der Waals surface area contributed by atoms with Crippen LogP contribution in [0.15, 0.2) is 41.8 Å². The Balaban J connectivity index is 2.11. The first kappa shape index (κ1) is 14.8. The van der Waals surface area contributed by atoms with E-state index in [9.17, 15) is 4.79 Å². The van der Waals surface area contributed by atoms with Gasteiger partial charge in [-0.3, -0.25) is 4.79 Å². The number of nitrogens with zero attached hydrogens (tertiary/aromatic N) is 1. The molecule has 0 saturated heterocycles. The number of benzene rings is 1. The van der Waals surface area contributed by atoms with Crippen molar-refractivity contribution in [2.45, 2.75) is 13.0 Å². The van der Waals surface area contributed by atoms with E-state index < -0.39 is 0 Å². The number of likely N-dealkylation sites (N-methyl/N-ethyl adjacent to an activating group) is 1. The van der Waals surface area contributed by atoms with Gasteiger partial charge in [0, 0.05) is 17.5 Å². The average Bonchev–Trinajstić information content (AvgIpc) is 2.97. The van der Waals surface area contributed by atoms with E-state index in [1.54, 1.807) is 16.2 Å². The molecule has 0 atom stereocenters. The molecule has 0 fully saturated rings. The standard InChI is InChI=1S/C16H20N2OS/c1-17-10-9-13-6-3-4-8-15(13)16(19)18(2)12-14-7-5-11-20-14/h3-8,11,17H,9-10,12H2,1-2H3. The molecule has 3 nitrogen and oxygen atoms in total. The summed E-state index contributed by atoms with van der Waals surface area (Å²) in [5.41, 5.74) is 1.91. The highest BCUT2D eigenvalue weighted by Crippen LogP contribution is 2.16. The number of hydrogen-bond acceptors (Lipinski definition) is 3. The van der Waals surface area contributed by atoms with Crippen molar-refractivity contribution in [3.05, 3.63) is 57.8 Å². The quantitative estimate of drug-likeness (QED) is 0.886. The van der Waals surface area contributed by atoms with Crippen LogP contribution in [0.5, 0.6) is 0 Å². The molecule has 20 heavy (non-hydrogen) atoms. The fourth-order valence-corrected chi connectivity index (χ4v) is 2.88. The lowest BCUT2D eigenvalue weighted by Gasteiger charge is -2.18. The average molecular weight is 288 g/mol. The lowest BCUT2D eigenvalue weighted by molar-refractivity contribution is 0.0785. The van der Waals surface area contributed by atoms with Gasteiger partial charge in [0.05, 0.1) is 6.54 Å². The lowest BCUT2D eigenvalue weighted by Crippen LogP contribution is -2.27. The fourth-order valence-electron chi connectivity index (χ4n) is 2.12. The molecule has 0 saturated carbocycles. The summed E-state index contributed by atoms with van der Waals surface area (Å²) < 4.78 is 0. The van der Waals surface area contributed by atoms with Gasteiger partial charge in [0.2, 0.25) is 0 Å². The Labute approximate surface area is 124 Å². The summed E-state index contributed by atoms with van der Waals surface area (Å²) >= 11 is 1.68. The van der Waals surface area contributed by atoms with Crippen LogP contribution >= 0.6 is 11.3 Å². The van der Waals surface area contributed by atoms with E-state index in [2.05, 4.69) is 11.4 Å². The second kappa shape index (κ2) is 7.22. The van der Waals surface area contributed by atoms with Crippen molar-refractivity contribution in [1.82, 2.24) is 10.2 Å². The predicted molar refractivity (Wildman–Crippen MR) is 84.2 cm³/mol. The van der Waals surface area contributed by atoms with Gasteiger partial charge in [0.25, 0.3) is 5.91 Å². The molecule has 0 radical (unpaired) electrons. The molecule has 1 amide bonds. The van der Waals surface area contributed by atoms with Gasteiger partial charge in [-0.25, -0.2) is 0 Å². The van der Waals surface area contributed by atoms with Crippen molar-refractivity contribution in [2.24, 2.45) is 0 Å². The number of hydrogen-bond donors (Lipinski definition) is 1. The van der Waals surface area contributed by atoms with Gasteiger partial charge in [0.1, 0.15) is 0 Å². The molecule has 1 heterocycles. The number of nitrogens with one attached hydrogen (secondary N) is 1. The smallest absolute Gasteiger partial charge is 0.254 e. The number of carbonyl (C=O) groups excluding carboxylic acids is 1. The largest absolute Gasteiger partial charge is 0.337 e. The van der Waals surface area contributed by atoms with Gasteiger partial charge >= 0.3 is 0 Å². The van der Waals surface area contributed by atoms with E-state index >= 15 is 0 Å². The summed E-state index contributed by atoms with van der Waals surface area (Å²) in [5.74, 6) is 0.0881. The minimum absolute atomic E-state index is 0.0881. The van der Waals surface area contributed by atoms with Crippen LogP contribution in [0.2, 0.25) is 0 Å². The molecule has 106 valence electrons. The third kappa shape index (κ3) is 3.68. The maximum absolute atomic E-state index is 12.6. The summed E-state index contributed by atoms with van der Waals surface area (Å²) in [7, 11) is 3.78. The molecule has 0 spiro atoms. The Morgan fingerprint density at radius 2 is 2.05 bits per heavy atom. The minimum atomic E-state index is 0.0881. The highest BCUT2D eigenvalue weighted by atomic mass is 32.1. The molecule has 1 aromatic carbocycles. The zero-order chi connectivity index (χ0) is 14.4. The molecule has 4 heteroatoms. The molecule has 1 aromatic heterocycles. The Morgan fingerprint density at radius 1 is 1.25 bits per heavy atom. The van der Waals surface area contributed by atoms with Crippen molar-refractivity contribution in [2.75, 3.05) is 20.6 Å². The molecular formula is C16H20N2OS. The van der Waals surface area contributed by atoms with Gasteiger partial charge in [-0.1, -0.05) is 24.3 Å². The monoisotopic (exact) mass is 288 g/mol. The first-order chi connectivity index (χ1) is 9.72. The number of amides is 1. The minimum Gasteiger partial charge on any atom is -0.337 e. The molecule has 0 aliphatic rings. The van der Waals surface area contributed by atoms with Crippen molar-refractivity contribution in [3.8, 4) is 0 Å². The van der Waals surface area contributed by atoms with Crippen molar-refractivity contribution in [1.29, 1.82) is 0 Å². The first-order valence-corrected chi connectivity index (χ1v) is 7.60. The zero-order valence-corrected chi connectivity index (χ0v) is 12.7. The molecule has 2 rings (SSSR count). The fraction of sp³-hybridized carbons (Fsp3) is 0.312. The second-order valence-electron chi connectivity index (χ2n) is 4.75. The topological polar surface area (TPSA) is 32.3 Å². The number of rotatable bonds is 6. The van der Waals surface area contributed by atoms with Gasteiger partial charge < -0.3 is 10.2 Å². The van der Waals surface area contributed by atoms with Crippen LogP contribution in [0, 0.1) is 0 Å². The van der Waals surface area contributed by atoms with E-state index in [1.807, 2.05) is 49.8 Å². The molecule has 0 aliphatic heterocycles. The molecule has 1 N–H and O–H groups in total. The Kier molecular flexibility index (Phi) is 5.32. The van der Waals surface area contributed by atoms with Gasteiger partial charge in [-0.15, -0.1) is 11.3 Å². The van der Waals surface area contributed by atoms with Crippen molar-refractivity contribution < 1.29 is 4.79 Å². The summed E-state index contributed by atoms with van der Waals surface area (Å²) in [4.78, 5) is 15.5. The normalized spacial score (nSPS) is 10.5. The summed E-state index contributed by atoms with van der Waals surface area (Å²) in [6.45, 7) is 1.54. The van der Waals surface area contributed by atoms with Gasteiger partial charge in [-0.2, -0.15) is 0 Å². The van der Waals surface area contributed by atoms with Crippen molar-refractivity contribution in [3.63, 3.8) is 0 Å². The van der Waals surface area contributed by atoms with E-state index in [-0.39, 0.29) is 5.91 Å². The number of carbonyl (C=O) groups is 1. The maximum atomic E-state index is 12.6. The van der Waals surface area contributed by atoms with Crippen LogP contribution in [0.4, 0.5) is 0 Å². The third-order valence-corrected chi connectivity index (χ3v) is 4.07. The highest BCUT2D eigenvalue weighted by Gasteiger charge is 2.15. The summed E-state index contributed by atoms with van der Waals surface area (Å²) in [6, 6.07) is 11.9. The molecular weight excluding hydrogens is 268 g/mol. The lowest BCUT2D eigenvalue weighted by atomic mass is 10.0. The van der Waals surface area contributed by atoms with Crippen LogP contribution in [-0.2, 0) is 13.0 Å². The number of thiophene rings is 1. The Morgan fingerprint density at radius 3 is 2.75 bits per heavy atom. The Hall–Kier alpha value is -1.65. The predicted octanol–water partition coefficient (Wildman–Crippen LogP) is 2.78. The second-order valence-corrected chi connectivity index (χ2v) is 5.78. The zero-order valence-electron chi connectivity index (χ0n) is 11.9. The summed E-state index contributed by atoms with van der Waals surface area (Å²) in [6.07, 6.45) is 0.866. The molecule has 2 aromatic rings.